The lowest BCUT2D eigenvalue weighted by Gasteiger charge is -2.05. The molecule has 134 valence electrons. The standard InChI is InChI=1S/C22H25N3O/c1-4-11-25-15-19(20-7-5-6-8-21(20)25)14-23-24-22(26)13-18-10-9-16(2)12-17(18)3/h5-10,12,14-15H,4,11,13H2,1-3H3,(H,24,26)/b23-14+. The van der Waals surface area contributed by atoms with Crippen LogP contribution >= 0.6 is 0 Å². The minimum atomic E-state index is -0.106. The van der Waals surface area contributed by atoms with E-state index in [1.54, 1.807) is 6.21 Å². The van der Waals surface area contributed by atoms with Gasteiger partial charge in [-0.2, -0.15) is 5.10 Å². The SMILES string of the molecule is CCCn1cc(/C=N/NC(=O)Cc2ccc(C)cc2C)c2ccccc21. The molecule has 26 heavy (non-hydrogen) atoms. The van der Waals surface area contributed by atoms with Crippen LogP contribution in [0.25, 0.3) is 10.9 Å². The molecule has 0 aliphatic rings. The van der Waals surface area contributed by atoms with Gasteiger partial charge < -0.3 is 4.57 Å². The summed E-state index contributed by atoms with van der Waals surface area (Å²) in [6.45, 7) is 7.21. The third-order valence-corrected chi connectivity index (χ3v) is 4.53. The molecule has 0 radical (unpaired) electrons. The normalized spacial score (nSPS) is 11.3. The third-order valence-electron chi connectivity index (χ3n) is 4.53. The molecule has 0 bridgehead atoms. The summed E-state index contributed by atoms with van der Waals surface area (Å²) in [4.78, 5) is 12.2. The van der Waals surface area contributed by atoms with Gasteiger partial charge in [0, 0.05) is 29.2 Å². The molecule has 4 heteroatoms. The first-order chi connectivity index (χ1) is 12.6. The van der Waals surface area contributed by atoms with E-state index in [0.29, 0.717) is 6.42 Å². The molecule has 0 unspecified atom stereocenters. The van der Waals surface area contributed by atoms with Crippen molar-refractivity contribution in [1.82, 2.24) is 9.99 Å². The molecular weight excluding hydrogens is 322 g/mol. The van der Waals surface area contributed by atoms with E-state index < -0.39 is 0 Å². The number of aryl methyl sites for hydroxylation is 3. The molecule has 2 aromatic carbocycles. The molecule has 0 atom stereocenters. The maximum atomic E-state index is 12.2. The van der Waals surface area contributed by atoms with E-state index in [2.05, 4.69) is 53.3 Å². The molecule has 0 saturated carbocycles. The van der Waals surface area contributed by atoms with E-state index in [1.165, 1.54) is 11.1 Å². The highest BCUT2D eigenvalue weighted by molar-refractivity contribution is 5.99. The minimum absolute atomic E-state index is 0.106. The Bertz CT molecular complexity index is 953. The van der Waals surface area contributed by atoms with Crippen molar-refractivity contribution in [2.75, 3.05) is 0 Å². The second-order valence-corrected chi connectivity index (χ2v) is 6.69. The molecular formula is C22H25N3O. The first kappa shape index (κ1) is 17.9. The van der Waals surface area contributed by atoms with E-state index in [-0.39, 0.29) is 5.91 Å². The number of rotatable bonds is 6. The number of hydrogen-bond acceptors (Lipinski definition) is 2. The zero-order chi connectivity index (χ0) is 18.5. The summed E-state index contributed by atoms with van der Waals surface area (Å²) in [5.41, 5.74) is 8.22. The van der Waals surface area contributed by atoms with Crippen molar-refractivity contribution >= 4 is 23.0 Å². The van der Waals surface area contributed by atoms with Crippen LogP contribution in [0, 0.1) is 13.8 Å². The van der Waals surface area contributed by atoms with E-state index in [9.17, 15) is 4.79 Å². The lowest BCUT2D eigenvalue weighted by atomic mass is 10.0. The van der Waals surface area contributed by atoms with Gasteiger partial charge >= 0.3 is 0 Å². The maximum Gasteiger partial charge on any atom is 0.244 e. The van der Waals surface area contributed by atoms with Crippen LogP contribution in [0.2, 0.25) is 0 Å². The summed E-state index contributed by atoms with van der Waals surface area (Å²) in [7, 11) is 0. The fourth-order valence-corrected chi connectivity index (χ4v) is 3.23. The number of amides is 1. The van der Waals surface area contributed by atoms with Crippen molar-refractivity contribution in [3.05, 3.63) is 70.9 Å². The number of benzene rings is 2. The molecule has 4 nitrogen and oxygen atoms in total. The highest BCUT2D eigenvalue weighted by Gasteiger charge is 2.07. The van der Waals surface area contributed by atoms with Gasteiger partial charge in [-0.1, -0.05) is 48.9 Å². The third kappa shape index (κ3) is 4.02. The lowest BCUT2D eigenvalue weighted by Crippen LogP contribution is -2.20. The quantitative estimate of drug-likeness (QED) is 0.523. The average molecular weight is 347 g/mol. The van der Waals surface area contributed by atoms with Crippen molar-refractivity contribution < 1.29 is 4.79 Å². The first-order valence-electron chi connectivity index (χ1n) is 9.04. The Morgan fingerprint density at radius 2 is 2.00 bits per heavy atom. The molecule has 1 amide bonds. The molecule has 0 aliphatic carbocycles. The van der Waals surface area contributed by atoms with Crippen LogP contribution < -0.4 is 5.43 Å². The van der Waals surface area contributed by atoms with E-state index in [1.807, 2.05) is 31.2 Å². The van der Waals surface area contributed by atoms with Crippen LogP contribution in [0.1, 0.15) is 35.6 Å². The average Bonchev–Trinajstić information content (AvgIpc) is 2.96. The first-order valence-corrected chi connectivity index (χ1v) is 9.04. The van der Waals surface area contributed by atoms with Crippen LogP contribution in [-0.2, 0) is 17.8 Å². The van der Waals surface area contributed by atoms with Gasteiger partial charge in [-0.15, -0.1) is 0 Å². The van der Waals surface area contributed by atoms with Gasteiger partial charge in [0.05, 0.1) is 12.6 Å². The molecule has 1 aromatic heterocycles. The van der Waals surface area contributed by atoms with Crippen LogP contribution in [-0.4, -0.2) is 16.7 Å². The summed E-state index contributed by atoms with van der Waals surface area (Å²) >= 11 is 0. The smallest absolute Gasteiger partial charge is 0.244 e. The van der Waals surface area contributed by atoms with Gasteiger partial charge in [0.1, 0.15) is 0 Å². The number of hydrogen-bond donors (Lipinski definition) is 1. The summed E-state index contributed by atoms with van der Waals surface area (Å²) in [6, 6.07) is 14.4. The number of nitrogens with one attached hydrogen (secondary N) is 1. The maximum absolute atomic E-state index is 12.2. The Morgan fingerprint density at radius 1 is 1.19 bits per heavy atom. The van der Waals surface area contributed by atoms with Gasteiger partial charge in [0.15, 0.2) is 0 Å². The van der Waals surface area contributed by atoms with Crippen molar-refractivity contribution in [1.29, 1.82) is 0 Å². The second-order valence-electron chi connectivity index (χ2n) is 6.69. The fraction of sp³-hybridized carbons (Fsp3) is 0.273. The number of carbonyl (C=O) groups excluding carboxylic acids is 1. The van der Waals surface area contributed by atoms with Gasteiger partial charge in [-0.05, 0) is 37.5 Å². The predicted molar refractivity (Wildman–Crippen MR) is 108 cm³/mol. The number of aromatic nitrogens is 1. The number of fused-ring (bicyclic) bond motifs is 1. The van der Waals surface area contributed by atoms with Gasteiger partial charge in [-0.3, -0.25) is 4.79 Å². The van der Waals surface area contributed by atoms with E-state index in [0.717, 1.165) is 35.0 Å². The molecule has 3 aromatic rings. The number of nitrogens with zero attached hydrogens (tertiary/aromatic N) is 2. The largest absolute Gasteiger partial charge is 0.347 e. The van der Waals surface area contributed by atoms with Gasteiger partial charge in [0.2, 0.25) is 5.91 Å². The summed E-state index contributed by atoms with van der Waals surface area (Å²) in [6.07, 6.45) is 5.23. The molecule has 1 heterocycles. The fourth-order valence-electron chi connectivity index (χ4n) is 3.23. The van der Waals surface area contributed by atoms with Crippen LogP contribution in [0.15, 0.2) is 53.8 Å². The molecule has 3 rings (SSSR count). The van der Waals surface area contributed by atoms with Crippen molar-refractivity contribution in [3.63, 3.8) is 0 Å². The molecule has 0 saturated heterocycles. The zero-order valence-corrected chi connectivity index (χ0v) is 15.6. The predicted octanol–water partition coefficient (Wildman–Crippen LogP) is 4.36. The molecule has 0 spiro atoms. The number of carbonyl (C=O) groups is 1. The van der Waals surface area contributed by atoms with Gasteiger partial charge in [0.25, 0.3) is 0 Å². The molecule has 0 aliphatic heterocycles. The monoisotopic (exact) mass is 347 g/mol. The number of para-hydroxylation sites is 1. The Morgan fingerprint density at radius 3 is 2.77 bits per heavy atom. The summed E-state index contributed by atoms with van der Waals surface area (Å²) < 4.78 is 2.23. The Balaban J connectivity index is 1.70. The minimum Gasteiger partial charge on any atom is -0.347 e. The highest BCUT2D eigenvalue weighted by Crippen LogP contribution is 2.20. The van der Waals surface area contributed by atoms with Crippen LogP contribution in [0.3, 0.4) is 0 Å². The highest BCUT2D eigenvalue weighted by atomic mass is 16.2. The summed E-state index contributed by atoms with van der Waals surface area (Å²) in [5, 5.41) is 5.32. The topological polar surface area (TPSA) is 46.4 Å². The van der Waals surface area contributed by atoms with Gasteiger partial charge in [-0.25, -0.2) is 5.43 Å². The Labute approximate surface area is 154 Å². The second kappa shape index (κ2) is 8.00. The molecule has 1 N–H and O–H groups in total. The van der Waals surface area contributed by atoms with Crippen LogP contribution in [0.4, 0.5) is 0 Å². The van der Waals surface area contributed by atoms with Crippen LogP contribution in [0.5, 0.6) is 0 Å². The van der Waals surface area contributed by atoms with E-state index in [4.69, 9.17) is 0 Å². The Kier molecular flexibility index (Phi) is 5.52. The Hall–Kier alpha value is -2.88. The van der Waals surface area contributed by atoms with E-state index >= 15 is 0 Å². The van der Waals surface area contributed by atoms with Crippen molar-refractivity contribution in [2.45, 2.75) is 40.2 Å². The van der Waals surface area contributed by atoms with Crippen molar-refractivity contribution in [3.8, 4) is 0 Å². The lowest BCUT2D eigenvalue weighted by molar-refractivity contribution is -0.120. The molecule has 0 fully saturated rings. The van der Waals surface area contributed by atoms with Crippen molar-refractivity contribution in [2.24, 2.45) is 5.10 Å². The number of hydrazone groups is 1. The zero-order valence-electron chi connectivity index (χ0n) is 15.6. The summed E-state index contributed by atoms with van der Waals surface area (Å²) in [5.74, 6) is -0.106.